The van der Waals surface area contributed by atoms with Gasteiger partial charge in [0.25, 0.3) is 0 Å². The zero-order chi connectivity index (χ0) is 13.3. The number of methoxy groups -OCH3 is 1. The number of allylic oxidation sites excluding steroid dienone is 3. The standard InChI is InChI=1S/C16H24O2/c1-10(2)9-14-12-5-6-13(14)16(18-4)8-7-15(17)11(12)3/h9,11-12,16H,5-8H2,1-4H3/t11-,12+,16+/m0/s1. The molecular formula is C16H24O2. The highest BCUT2D eigenvalue weighted by Crippen LogP contribution is 2.43. The van der Waals surface area contributed by atoms with Gasteiger partial charge in [-0.3, -0.25) is 4.79 Å². The van der Waals surface area contributed by atoms with Crippen molar-refractivity contribution in [3.05, 3.63) is 22.8 Å². The normalized spacial score (nSPS) is 32.2. The Morgan fingerprint density at radius 3 is 2.61 bits per heavy atom. The van der Waals surface area contributed by atoms with Crippen molar-refractivity contribution < 1.29 is 9.53 Å². The first-order chi connectivity index (χ1) is 8.54. The van der Waals surface area contributed by atoms with Crippen molar-refractivity contribution in [1.82, 2.24) is 0 Å². The highest BCUT2D eigenvalue weighted by atomic mass is 16.5. The van der Waals surface area contributed by atoms with Crippen molar-refractivity contribution in [2.45, 2.75) is 52.6 Å². The van der Waals surface area contributed by atoms with Crippen molar-refractivity contribution >= 4 is 5.78 Å². The van der Waals surface area contributed by atoms with Crippen LogP contribution in [0.3, 0.4) is 0 Å². The van der Waals surface area contributed by atoms with Crippen LogP contribution in [0.1, 0.15) is 46.5 Å². The summed E-state index contributed by atoms with van der Waals surface area (Å²) in [6.45, 7) is 6.35. The van der Waals surface area contributed by atoms with E-state index in [-0.39, 0.29) is 12.0 Å². The number of fused-ring (bicyclic) bond motifs is 1. The van der Waals surface area contributed by atoms with Gasteiger partial charge in [-0.1, -0.05) is 18.6 Å². The van der Waals surface area contributed by atoms with Crippen molar-refractivity contribution in [1.29, 1.82) is 0 Å². The summed E-state index contributed by atoms with van der Waals surface area (Å²) in [4.78, 5) is 12.1. The van der Waals surface area contributed by atoms with Crippen LogP contribution in [0, 0.1) is 11.8 Å². The van der Waals surface area contributed by atoms with Gasteiger partial charge in [0.05, 0.1) is 6.10 Å². The first-order valence-electron chi connectivity index (χ1n) is 6.98. The van der Waals surface area contributed by atoms with E-state index in [1.807, 2.05) is 0 Å². The number of rotatable bonds is 2. The van der Waals surface area contributed by atoms with Gasteiger partial charge in [0.2, 0.25) is 0 Å². The average Bonchev–Trinajstić information content (AvgIpc) is 2.72. The molecular weight excluding hydrogens is 224 g/mol. The van der Waals surface area contributed by atoms with Crippen LogP contribution in [0.2, 0.25) is 0 Å². The summed E-state index contributed by atoms with van der Waals surface area (Å²) in [5.74, 6) is 0.994. The Hall–Kier alpha value is -0.890. The van der Waals surface area contributed by atoms with E-state index >= 15 is 0 Å². The number of hydrogen-bond donors (Lipinski definition) is 0. The highest BCUT2D eigenvalue weighted by molar-refractivity contribution is 5.82. The fourth-order valence-corrected chi connectivity index (χ4v) is 3.39. The fraction of sp³-hybridized carbons (Fsp3) is 0.688. The van der Waals surface area contributed by atoms with Crippen molar-refractivity contribution in [2.75, 3.05) is 7.11 Å². The Balaban J connectivity index is 2.44. The van der Waals surface area contributed by atoms with E-state index in [1.54, 1.807) is 7.11 Å². The summed E-state index contributed by atoms with van der Waals surface area (Å²) in [6, 6.07) is 0. The van der Waals surface area contributed by atoms with E-state index in [0.717, 1.165) is 19.3 Å². The SMILES string of the molecule is CO[C@@H]1CCC(=O)[C@@H](C)[C@H]2CCC1=C2C=C(C)C. The molecule has 0 fully saturated rings. The Bertz CT molecular complexity index is 399. The Morgan fingerprint density at radius 2 is 2.00 bits per heavy atom. The van der Waals surface area contributed by atoms with Crippen LogP contribution in [0.25, 0.3) is 0 Å². The molecule has 0 radical (unpaired) electrons. The topological polar surface area (TPSA) is 26.3 Å². The van der Waals surface area contributed by atoms with E-state index in [1.165, 1.54) is 16.7 Å². The summed E-state index contributed by atoms with van der Waals surface area (Å²) in [7, 11) is 1.76. The number of ketones is 1. The third-order valence-corrected chi connectivity index (χ3v) is 4.38. The van der Waals surface area contributed by atoms with Crippen LogP contribution in [-0.4, -0.2) is 19.0 Å². The van der Waals surface area contributed by atoms with Crippen LogP contribution in [-0.2, 0) is 9.53 Å². The third kappa shape index (κ3) is 2.44. The van der Waals surface area contributed by atoms with Gasteiger partial charge in [-0.05, 0) is 50.2 Å². The molecule has 2 heteroatoms. The molecule has 0 aromatic rings. The molecule has 18 heavy (non-hydrogen) atoms. The van der Waals surface area contributed by atoms with Gasteiger partial charge in [0.1, 0.15) is 5.78 Å². The number of carbonyl (C=O) groups is 1. The first-order valence-corrected chi connectivity index (χ1v) is 6.98. The molecule has 0 aliphatic heterocycles. The molecule has 2 rings (SSSR count). The predicted octanol–water partition coefficient (Wildman–Crippen LogP) is 3.67. The maximum Gasteiger partial charge on any atom is 0.136 e. The Kier molecular flexibility index (Phi) is 4.06. The van der Waals surface area contributed by atoms with Gasteiger partial charge >= 0.3 is 0 Å². The Labute approximate surface area is 110 Å². The molecule has 2 bridgehead atoms. The van der Waals surface area contributed by atoms with E-state index in [2.05, 4.69) is 26.8 Å². The van der Waals surface area contributed by atoms with E-state index in [9.17, 15) is 4.79 Å². The third-order valence-electron chi connectivity index (χ3n) is 4.38. The second-order valence-corrected chi connectivity index (χ2v) is 5.87. The molecule has 3 atom stereocenters. The van der Waals surface area contributed by atoms with Crippen LogP contribution >= 0.6 is 0 Å². The number of hydrogen-bond acceptors (Lipinski definition) is 2. The van der Waals surface area contributed by atoms with Gasteiger partial charge in [-0.2, -0.15) is 0 Å². The highest BCUT2D eigenvalue weighted by Gasteiger charge is 2.37. The number of ether oxygens (including phenoxy) is 1. The fourth-order valence-electron chi connectivity index (χ4n) is 3.39. The lowest BCUT2D eigenvalue weighted by Gasteiger charge is -2.26. The molecule has 0 heterocycles. The minimum Gasteiger partial charge on any atom is -0.377 e. The van der Waals surface area contributed by atoms with Gasteiger partial charge in [-0.25, -0.2) is 0 Å². The lowest BCUT2D eigenvalue weighted by Crippen LogP contribution is -2.25. The van der Waals surface area contributed by atoms with Crippen LogP contribution in [0.15, 0.2) is 22.8 Å². The van der Waals surface area contributed by atoms with Gasteiger partial charge in [-0.15, -0.1) is 0 Å². The van der Waals surface area contributed by atoms with Crippen molar-refractivity contribution in [3.63, 3.8) is 0 Å². The molecule has 0 amide bonds. The summed E-state index contributed by atoms with van der Waals surface area (Å²) in [6.07, 6.45) is 6.15. The second-order valence-electron chi connectivity index (χ2n) is 5.87. The van der Waals surface area contributed by atoms with Gasteiger partial charge in [0, 0.05) is 19.4 Å². The zero-order valence-electron chi connectivity index (χ0n) is 12.0. The second kappa shape index (κ2) is 5.40. The molecule has 0 saturated heterocycles. The molecule has 0 unspecified atom stereocenters. The zero-order valence-corrected chi connectivity index (χ0v) is 12.0. The summed E-state index contributed by atoms with van der Waals surface area (Å²) in [5, 5.41) is 0. The largest absolute Gasteiger partial charge is 0.377 e. The van der Waals surface area contributed by atoms with E-state index < -0.39 is 0 Å². The minimum atomic E-state index is 0.150. The smallest absolute Gasteiger partial charge is 0.136 e. The number of Topliss-reactive ketones (excluding diaryl/α,β-unsaturated/α-hetero) is 1. The van der Waals surface area contributed by atoms with E-state index in [4.69, 9.17) is 4.74 Å². The monoisotopic (exact) mass is 248 g/mol. The maximum absolute atomic E-state index is 12.1. The quantitative estimate of drug-likeness (QED) is 0.745. The maximum atomic E-state index is 12.1. The Morgan fingerprint density at radius 1 is 1.28 bits per heavy atom. The first kappa shape index (κ1) is 13.5. The van der Waals surface area contributed by atoms with E-state index in [0.29, 0.717) is 18.1 Å². The molecule has 0 N–H and O–H groups in total. The van der Waals surface area contributed by atoms with Crippen LogP contribution in [0.4, 0.5) is 0 Å². The molecule has 2 nitrogen and oxygen atoms in total. The van der Waals surface area contributed by atoms with Gasteiger partial charge in [0.15, 0.2) is 0 Å². The summed E-state index contributed by atoms with van der Waals surface area (Å²) < 4.78 is 5.61. The number of carbonyl (C=O) groups excluding carboxylic acids is 1. The summed E-state index contributed by atoms with van der Waals surface area (Å²) >= 11 is 0. The molecule has 0 spiro atoms. The molecule has 100 valence electrons. The van der Waals surface area contributed by atoms with Gasteiger partial charge < -0.3 is 4.74 Å². The lowest BCUT2D eigenvalue weighted by atomic mass is 9.80. The predicted molar refractivity (Wildman–Crippen MR) is 73.4 cm³/mol. The van der Waals surface area contributed by atoms with Crippen LogP contribution in [0.5, 0.6) is 0 Å². The molecule has 2 aliphatic rings. The minimum absolute atomic E-state index is 0.150. The van der Waals surface area contributed by atoms with Crippen LogP contribution < -0.4 is 0 Å². The molecule has 0 aromatic carbocycles. The van der Waals surface area contributed by atoms with Crippen molar-refractivity contribution in [2.24, 2.45) is 11.8 Å². The average molecular weight is 248 g/mol. The van der Waals surface area contributed by atoms with Crippen molar-refractivity contribution in [3.8, 4) is 0 Å². The molecule has 0 saturated carbocycles. The molecule has 0 aromatic heterocycles. The lowest BCUT2D eigenvalue weighted by molar-refractivity contribution is -0.124. The molecule has 2 aliphatic carbocycles. The summed E-state index contributed by atoms with van der Waals surface area (Å²) in [5.41, 5.74) is 4.15.